The van der Waals surface area contributed by atoms with Crippen molar-refractivity contribution < 1.29 is 23.8 Å². The molecule has 0 aliphatic carbocycles. The van der Waals surface area contributed by atoms with Crippen LogP contribution in [0, 0.1) is 6.92 Å². The van der Waals surface area contributed by atoms with Gasteiger partial charge in [0.05, 0.1) is 0 Å². The molecular weight excluding hydrogens is 216 g/mol. The van der Waals surface area contributed by atoms with E-state index in [-0.39, 0.29) is 17.1 Å². The summed E-state index contributed by atoms with van der Waals surface area (Å²) in [7, 11) is 0. The summed E-state index contributed by atoms with van der Waals surface area (Å²) in [5.74, 6) is -1.55. The maximum Gasteiger partial charge on any atom is 0.350 e. The molecule has 0 saturated carbocycles. The number of carboxylic acids is 1. The molecule has 86 valence electrons. The Balaban J connectivity index is 3.19. The normalized spacial score (nSPS) is 9.88. The minimum Gasteiger partial charge on any atom is -0.481 e. The molecular formula is C10H10O6. The number of rotatable bonds is 4. The third-order valence-electron chi connectivity index (χ3n) is 1.74. The molecule has 16 heavy (non-hydrogen) atoms. The summed E-state index contributed by atoms with van der Waals surface area (Å²) >= 11 is 0. The Kier molecular flexibility index (Phi) is 3.44. The molecule has 0 fully saturated rings. The predicted molar refractivity (Wildman–Crippen MR) is 52.9 cm³/mol. The zero-order valence-electron chi connectivity index (χ0n) is 8.77. The van der Waals surface area contributed by atoms with Crippen molar-refractivity contribution in [3.05, 3.63) is 27.8 Å². The van der Waals surface area contributed by atoms with Crippen molar-refractivity contribution in [3.63, 3.8) is 0 Å². The lowest BCUT2D eigenvalue weighted by Crippen LogP contribution is -2.17. The van der Waals surface area contributed by atoms with E-state index in [1.165, 1.54) is 19.9 Å². The number of carboxylic acid groups (broad SMARTS) is 1. The van der Waals surface area contributed by atoms with E-state index in [0.29, 0.717) is 0 Å². The Morgan fingerprint density at radius 2 is 2.12 bits per heavy atom. The molecule has 1 N–H and O–H groups in total. The molecule has 1 aromatic heterocycles. The molecule has 0 unspecified atom stereocenters. The van der Waals surface area contributed by atoms with Gasteiger partial charge in [-0.15, -0.1) is 0 Å². The van der Waals surface area contributed by atoms with Gasteiger partial charge in [-0.25, -0.2) is 9.59 Å². The Bertz CT molecular complexity index is 485. The quantitative estimate of drug-likeness (QED) is 0.756. The van der Waals surface area contributed by atoms with Crippen molar-refractivity contribution in [1.82, 2.24) is 0 Å². The van der Waals surface area contributed by atoms with E-state index in [0.717, 1.165) is 0 Å². The molecule has 6 nitrogen and oxygen atoms in total. The van der Waals surface area contributed by atoms with Crippen molar-refractivity contribution >= 4 is 11.8 Å². The lowest BCUT2D eigenvalue weighted by atomic mass is 10.2. The first-order valence-corrected chi connectivity index (χ1v) is 4.42. The van der Waals surface area contributed by atoms with Crippen LogP contribution in [0.5, 0.6) is 5.75 Å². The second-order valence-corrected chi connectivity index (χ2v) is 3.12. The second kappa shape index (κ2) is 4.61. The van der Waals surface area contributed by atoms with Crippen molar-refractivity contribution in [3.8, 4) is 5.75 Å². The average Bonchev–Trinajstić information content (AvgIpc) is 2.12. The van der Waals surface area contributed by atoms with Gasteiger partial charge >= 0.3 is 11.6 Å². The molecule has 0 aliphatic rings. The predicted octanol–water partition coefficient (Wildman–Crippen LogP) is 0.614. The number of ketones is 1. The van der Waals surface area contributed by atoms with Crippen molar-refractivity contribution in [2.75, 3.05) is 6.61 Å². The van der Waals surface area contributed by atoms with Crippen LogP contribution in [0.2, 0.25) is 0 Å². The third kappa shape index (κ3) is 2.69. The van der Waals surface area contributed by atoms with Crippen LogP contribution < -0.4 is 10.4 Å². The Hall–Kier alpha value is -2.11. The van der Waals surface area contributed by atoms with Crippen molar-refractivity contribution in [2.45, 2.75) is 13.8 Å². The summed E-state index contributed by atoms with van der Waals surface area (Å²) in [6, 6.07) is 1.31. The first kappa shape index (κ1) is 12.0. The van der Waals surface area contributed by atoms with E-state index in [4.69, 9.17) is 14.3 Å². The van der Waals surface area contributed by atoms with Gasteiger partial charge in [0.1, 0.15) is 17.1 Å². The van der Waals surface area contributed by atoms with Crippen LogP contribution >= 0.6 is 0 Å². The second-order valence-electron chi connectivity index (χ2n) is 3.12. The first-order chi connectivity index (χ1) is 7.41. The van der Waals surface area contributed by atoms with Crippen LogP contribution in [0.15, 0.2) is 15.3 Å². The molecule has 6 heteroatoms. The molecule has 0 aliphatic heterocycles. The smallest absolute Gasteiger partial charge is 0.350 e. The average molecular weight is 226 g/mol. The van der Waals surface area contributed by atoms with Crippen molar-refractivity contribution in [2.24, 2.45) is 0 Å². The van der Waals surface area contributed by atoms with Crippen LogP contribution in [0.1, 0.15) is 23.0 Å². The number of aliphatic carboxylic acids is 1. The number of ether oxygens (including phenoxy) is 1. The lowest BCUT2D eigenvalue weighted by Gasteiger charge is -2.06. The fourth-order valence-electron chi connectivity index (χ4n) is 1.15. The molecule has 0 atom stereocenters. The highest BCUT2D eigenvalue weighted by Gasteiger charge is 2.16. The highest BCUT2D eigenvalue weighted by Crippen LogP contribution is 2.17. The summed E-state index contributed by atoms with van der Waals surface area (Å²) < 4.78 is 9.55. The van der Waals surface area contributed by atoms with Gasteiger partial charge in [0.2, 0.25) is 0 Å². The zero-order valence-corrected chi connectivity index (χ0v) is 8.77. The highest BCUT2D eigenvalue weighted by molar-refractivity contribution is 5.96. The monoisotopic (exact) mass is 226 g/mol. The summed E-state index contributed by atoms with van der Waals surface area (Å²) in [4.78, 5) is 32.8. The van der Waals surface area contributed by atoms with E-state index in [9.17, 15) is 14.4 Å². The van der Waals surface area contributed by atoms with Gasteiger partial charge in [0.25, 0.3) is 0 Å². The van der Waals surface area contributed by atoms with Gasteiger partial charge in [-0.3, -0.25) is 4.79 Å². The zero-order chi connectivity index (χ0) is 12.3. The number of Topliss-reactive ketones (excluding diaryl/α,β-unsaturated/α-hetero) is 1. The Morgan fingerprint density at radius 3 is 2.62 bits per heavy atom. The number of aryl methyl sites for hydroxylation is 1. The fraction of sp³-hybridized carbons (Fsp3) is 0.300. The number of carbonyl (C=O) groups is 2. The maximum atomic E-state index is 11.3. The molecule has 0 bridgehead atoms. The standard InChI is InChI=1S/C10H10O6/c1-5-3-7(15-4-8(12)13)9(6(2)11)10(14)16-5/h3H,4H2,1-2H3,(H,12,13). The summed E-state index contributed by atoms with van der Waals surface area (Å²) in [5.41, 5.74) is -1.10. The molecule has 1 aromatic rings. The molecule has 1 heterocycles. The summed E-state index contributed by atoms with van der Waals surface area (Å²) in [6.45, 7) is 2.05. The van der Waals surface area contributed by atoms with E-state index < -0.39 is 24.0 Å². The summed E-state index contributed by atoms with van der Waals surface area (Å²) in [5, 5.41) is 8.43. The van der Waals surface area contributed by atoms with Gasteiger partial charge in [-0.1, -0.05) is 0 Å². The van der Waals surface area contributed by atoms with Crippen LogP contribution in [0.4, 0.5) is 0 Å². The minimum absolute atomic E-state index is 0.0661. The maximum absolute atomic E-state index is 11.3. The lowest BCUT2D eigenvalue weighted by molar-refractivity contribution is -0.139. The van der Waals surface area contributed by atoms with Crippen LogP contribution in [0.3, 0.4) is 0 Å². The van der Waals surface area contributed by atoms with Gasteiger partial charge in [0.15, 0.2) is 12.4 Å². The largest absolute Gasteiger partial charge is 0.481 e. The van der Waals surface area contributed by atoms with E-state index in [1.54, 1.807) is 0 Å². The Morgan fingerprint density at radius 1 is 1.50 bits per heavy atom. The van der Waals surface area contributed by atoms with Crippen LogP contribution in [-0.2, 0) is 4.79 Å². The van der Waals surface area contributed by atoms with E-state index >= 15 is 0 Å². The third-order valence-corrected chi connectivity index (χ3v) is 1.74. The molecule has 0 spiro atoms. The van der Waals surface area contributed by atoms with Gasteiger partial charge in [0, 0.05) is 6.07 Å². The SMILES string of the molecule is CC(=O)c1c(OCC(=O)O)cc(C)oc1=O. The van der Waals surface area contributed by atoms with Gasteiger partial charge < -0.3 is 14.3 Å². The summed E-state index contributed by atoms with van der Waals surface area (Å²) in [6.07, 6.45) is 0. The van der Waals surface area contributed by atoms with Gasteiger partial charge in [-0.05, 0) is 13.8 Å². The van der Waals surface area contributed by atoms with Crippen LogP contribution in [0.25, 0.3) is 0 Å². The molecule has 0 aromatic carbocycles. The topological polar surface area (TPSA) is 93.8 Å². The molecule has 0 saturated heterocycles. The highest BCUT2D eigenvalue weighted by atomic mass is 16.5. The van der Waals surface area contributed by atoms with Crippen LogP contribution in [-0.4, -0.2) is 23.5 Å². The fourth-order valence-corrected chi connectivity index (χ4v) is 1.15. The molecule has 0 radical (unpaired) electrons. The molecule has 0 amide bonds. The van der Waals surface area contributed by atoms with Gasteiger partial charge in [-0.2, -0.15) is 0 Å². The van der Waals surface area contributed by atoms with E-state index in [1.807, 2.05) is 0 Å². The van der Waals surface area contributed by atoms with Crippen molar-refractivity contribution in [1.29, 1.82) is 0 Å². The number of hydrogen-bond acceptors (Lipinski definition) is 5. The Labute approximate surface area is 90.5 Å². The minimum atomic E-state index is -1.19. The number of carbonyl (C=O) groups excluding carboxylic acids is 1. The molecule has 1 rings (SSSR count). The number of hydrogen-bond donors (Lipinski definition) is 1. The first-order valence-electron chi connectivity index (χ1n) is 4.42. The van der Waals surface area contributed by atoms with E-state index in [2.05, 4.69) is 0 Å².